The number of nitrogens with zero attached hydrogens (tertiary/aromatic N) is 1. The number of thiazole rings is 1. The minimum Gasteiger partial charge on any atom is -0.478 e. The Labute approximate surface area is 151 Å². The average molecular weight is 373 g/mol. The van der Waals surface area contributed by atoms with E-state index in [0.717, 1.165) is 6.07 Å². The second kappa shape index (κ2) is 7.62. The van der Waals surface area contributed by atoms with Crippen molar-refractivity contribution in [1.29, 1.82) is 0 Å². The standard InChI is InChI=1S/C17H12FN3O4S/c18-11-4-5-14(25-12-3-1-2-10(8-12)15(22)23)13(9-11)20-16(24)21-17-19-6-7-26-17/h1-9H,(H,22,23)(H2,19,20,21,24). The van der Waals surface area contributed by atoms with Gasteiger partial charge in [0.05, 0.1) is 11.3 Å². The van der Waals surface area contributed by atoms with Crippen molar-refractivity contribution in [3.05, 3.63) is 65.4 Å². The molecular formula is C17H12FN3O4S. The Morgan fingerprint density at radius 3 is 2.73 bits per heavy atom. The molecule has 7 nitrogen and oxygen atoms in total. The molecule has 0 saturated carbocycles. The van der Waals surface area contributed by atoms with Crippen LogP contribution in [-0.2, 0) is 0 Å². The van der Waals surface area contributed by atoms with Crippen LogP contribution in [0.4, 0.5) is 20.0 Å². The molecule has 132 valence electrons. The smallest absolute Gasteiger partial charge is 0.335 e. The third-order valence-electron chi connectivity index (χ3n) is 3.15. The molecule has 0 spiro atoms. The summed E-state index contributed by atoms with van der Waals surface area (Å²) in [7, 11) is 0. The molecule has 3 N–H and O–H groups in total. The molecule has 0 bridgehead atoms. The van der Waals surface area contributed by atoms with Gasteiger partial charge < -0.3 is 15.2 Å². The molecule has 0 unspecified atom stereocenters. The topological polar surface area (TPSA) is 101 Å². The van der Waals surface area contributed by atoms with Gasteiger partial charge in [0.1, 0.15) is 11.6 Å². The number of nitrogens with one attached hydrogen (secondary N) is 2. The number of carbonyl (C=O) groups is 2. The van der Waals surface area contributed by atoms with E-state index in [1.165, 1.54) is 47.9 Å². The van der Waals surface area contributed by atoms with Gasteiger partial charge >= 0.3 is 12.0 Å². The molecule has 26 heavy (non-hydrogen) atoms. The van der Waals surface area contributed by atoms with Crippen LogP contribution in [0.2, 0.25) is 0 Å². The number of hydrogen-bond acceptors (Lipinski definition) is 5. The number of urea groups is 1. The molecule has 0 fully saturated rings. The molecule has 2 aromatic carbocycles. The summed E-state index contributed by atoms with van der Waals surface area (Å²) in [5.74, 6) is -1.28. The number of halogens is 1. The molecular weight excluding hydrogens is 361 g/mol. The molecule has 0 radical (unpaired) electrons. The van der Waals surface area contributed by atoms with E-state index in [1.54, 1.807) is 11.4 Å². The lowest BCUT2D eigenvalue weighted by atomic mass is 10.2. The van der Waals surface area contributed by atoms with Gasteiger partial charge in [-0.25, -0.2) is 19.0 Å². The molecule has 1 heterocycles. The van der Waals surface area contributed by atoms with Crippen molar-refractivity contribution in [2.75, 3.05) is 10.6 Å². The van der Waals surface area contributed by atoms with Crippen molar-refractivity contribution in [3.8, 4) is 11.5 Å². The summed E-state index contributed by atoms with van der Waals surface area (Å²) in [6.07, 6.45) is 1.53. The summed E-state index contributed by atoms with van der Waals surface area (Å²) in [6.45, 7) is 0. The van der Waals surface area contributed by atoms with Gasteiger partial charge in [0.15, 0.2) is 10.9 Å². The second-order valence-corrected chi connectivity index (χ2v) is 5.89. The maximum atomic E-state index is 13.6. The highest BCUT2D eigenvalue weighted by atomic mass is 32.1. The van der Waals surface area contributed by atoms with Gasteiger partial charge in [-0.05, 0) is 30.3 Å². The van der Waals surface area contributed by atoms with Gasteiger partial charge in [0.25, 0.3) is 0 Å². The fourth-order valence-corrected chi connectivity index (χ4v) is 2.57. The molecule has 2 amide bonds. The molecule has 9 heteroatoms. The van der Waals surface area contributed by atoms with Crippen LogP contribution in [-0.4, -0.2) is 22.1 Å². The first-order valence-electron chi connectivity index (χ1n) is 7.29. The Balaban J connectivity index is 1.80. The lowest BCUT2D eigenvalue weighted by Gasteiger charge is -2.13. The van der Waals surface area contributed by atoms with Crippen LogP contribution >= 0.6 is 11.3 Å². The van der Waals surface area contributed by atoms with E-state index in [4.69, 9.17) is 9.84 Å². The normalized spacial score (nSPS) is 10.2. The number of ether oxygens (including phenoxy) is 1. The zero-order valence-corrected chi connectivity index (χ0v) is 13.9. The largest absolute Gasteiger partial charge is 0.478 e. The van der Waals surface area contributed by atoms with Gasteiger partial charge in [-0.1, -0.05) is 6.07 Å². The maximum absolute atomic E-state index is 13.6. The van der Waals surface area contributed by atoms with Crippen LogP contribution < -0.4 is 15.4 Å². The van der Waals surface area contributed by atoms with Crippen molar-refractivity contribution in [2.24, 2.45) is 0 Å². The lowest BCUT2D eigenvalue weighted by Crippen LogP contribution is -2.19. The fraction of sp³-hybridized carbons (Fsp3) is 0. The Bertz CT molecular complexity index is 947. The van der Waals surface area contributed by atoms with Crippen molar-refractivity contribution in [3.63, 3.8) is 0 Å². The second-order valence-electron chi connectivity index (χ2n) is 4.99. The zero-order valence-electron chi connectivity index (χ0n) is 13.1. The Morgan fingerprint density at radius 2 is 2.00 bits per heavy atom. The van der Waals surface area contributed by atoms with E-state index in [-0.39, 0.29) is 22.7 Å². The van der Waals surface area contributed by atoms with E-state index in [0.29, 0.717) is 5.13 Å². The van der Waals surface area contributed by atoms with Gasteiger partial charge in [-0.2, -0.15) is 0 Å². The van der Waals surface area contributed by atoms with E-state index in [1.807, 2.05) is 0 Å². The van der Waals surface area contributed by atoms with Crippen molar-refractivity contribution < 1.29 is 23.8 Å². The Morgan fingerprint density at radius 1 is 1.15 bits per heavy atom. The number of amides is 2. The summed E-state index contributed by atoms with van der Waals surface area (Å²) >= 11 is 1.23. The van der Waals surface area contributed by atoms with Crippen LogP contribution in [0.15, 0.2) is 54.0 Å². The first kappa shape index (κ1) is 17.4. The summed E-state index contributed by atoms with van der Waals surface area (Å²) in [5, 5.41) is 16.1. The number of rotatable bonds is 5. The summed E-state index contributed by atoms with van der Waals surface area (Å²) < 4.78 is 19.2. The molecule has 1 aromatic heterocycles. The Hall–Kier alpha value is -3.46. The monoisotopic (exact) mass is 373 g/mol. The fourth-order valence-electron chi connectivity index (χ4n) is 2.04. The molecule has 0 aliphatic rings. The minimum atomic E-state index is -1.10. The number of carbonyl (C=O) groups excluding carboxylic acids is 1. The predicted octanol–water partition coefficient (Wildman–Crippen LogP) is 4.42. The number of aromatic carboxylic acids is 1. The van der Waals surface area contributed by atoms with Gasteiger partial charge in [-0.15, -0.1) is 11.3 Å². The van der Waals surface area contributed by atoms with Crippen LogP contribution in [0.25, 0.3) is 0 Å². The number of benzene rings is 2. The van der Waals surface area contributed by atoms with Crippen molar-refractivity contribution >= 4 is 34.2 Å². The van der Waals surface area contributed by atoms with Crippen LogP contribution in [0.5, 0.6) is 11.5 Å². The number of carboxylic acids is 1. The number of carboxylic acid groups (broad SMARTS) is 1. The molecule has 3 rings (SSSR count). The van der Waals surface area contributed by atoms with E-state index in [9.17, 15) is 14.0 Å². The minimum absolute atomic E-state index is 0.0423. The van der Waals surface area contributed by atoms with E-state index in [2.05, 4.69) is 15.6 Å². The van der Waals surface area contributed by atoms with Crippen LogP contribution in [0, 0.1) is 5.82 Å². The van der Waals surface area contributed by atoms with Gasteiger partial charge in [0, 0.05) is 17.6 Å². The van der Waals surface area contributed by atoms with E-state index < -0.39 is 17.8 Å². The van der Waals surface area contributed by atoms with Crippen molar-refractivity contribution in [2.45, 2.75) is 0 Å². The zero-order chi connectivity index (χ0) is 18.5. The lowest BCUT2D eigenvalue weighted by molar-refractivity contribution is 0.0696. The number of hydrogen-bond donors (Lipinski definition) is 3. The predicted molar refractivity (Wildman–Crippen MR) is 94.6 cm³/mol. The number of aromatic nitrogens is 1. The molecule has 0 aliphatic heterocycles. The SMILES string of the molecule is O=C(Nc1nccs1)Nc1cc(F)ccc1Oc1cccc(C(=O)O)c1. The highest BCUT2D eigenvalue weighted by Gasteiger charge is 2.12. The van der Waals surface area contributed by atoms with Crippen molar-refractivity contribution in [1.82, 2.24) is 4.98 Å². The average Bonchev–Trinajstić information content (AvgIpc) is 3.10. The third kappa shape index (κ3) is 4.33. The van der Waals surface area contributed by atoms with Gasteiger partial charge in [-0.3, -0.25) is 5.32 Å². The highest BCUT2D eigenvalue weighted by Crippen LogP contribution is 2.31. The maximum Gasteiger partial charge on any atom is 0.335 e. The first-order chi connectivity index (χ1) is 12.5. The van der Waals surface area contributed by atoms with Crippen LogP contribution in [0.1, 0.15) is 10.4 Å². The third-order valence-corrected chi connectivity index (χ3v) is 3.84. The Kier molecular flexibility index (Phi) is 5.09. The summed E-state index contributed by atoms with van der Waals surface area (Å²) in [6, 6.07) is 8.79. The molecule has 0 saturated heterocycles. The quantitative estimate of drug-likeness (QED) is 0.615. The molecule has 0 aliphatic carbocycles. The molecule has 0 atom stereocenters. The highest BCUT2D eigenvalue weighted by molar-refractivity contribution is 7.13. The van der Waals surface area contributed by atoms with Gasteiger partial charge in [0.2, 0.25) is 0 Å². The molecule has 3 aromatic rings. The summed E-state index contributed by atoms with van der Waals surface area (Å²) in [4.78, 5) is 27.0. The first-order valence-corrected chi connectivity index (χ1v) is 8.17. The van der Waals surface area contributed by atoms with E-state index >= 15 is 0 Å². The number of anilines is 2. The van der Waals surface area contributed by atoms with Crippen LogP contribution in [0.3, 0.4) is 0 Å². The summed E-state index contributed by atoms with van der Waals surface area (Å²) in [5.41, 5.74) is 0.125.